The Hall–Kier alpha value is -0.890. The van der Waals surface area contributed by atoms with Gasteiger partial charge in [-0.15, -0.1) is 0 Å². The summed E-state index contributed by atoms with van der Waals surface area (Å²) >= 11 is 0. The standard InChI is InChI=1S/C16H28N2/c1-6-8-13(4)16(17-9-7-2)15-11-12(3)10-14(5)18-15/h10-11,13,16-17H,6-9H2,1-5H3. The SMILES string of the molecule is CCCNC(c1cc(C)cc(C)n1)C(C)CCC. The molecule has 2 nitrogen and oxygen atoms in total. The van der Waals surface area contributed by atoms with Gasteiger partial charge in [-0.05, 0) is 56.8 Å². The molecule has 0 aliphatic heterocycles. The zero-order valence-electron chi connectivity index (χ0n) is 12.6. The van der Waals surface area contributed by atoms with Crippen molar-refractivity contribution in [2.24, 2.45) is 5.92 Å². The van der Waals surface area contributed by atoms with E-state index in [2.05, 4.69) is 52.1 Å². The predicted octanol–water partition coefficient (Wildman–Crippen LogP) is 4.18. The quantitative estimate of drug-likeness (QED) is 0.783. The van der Waals surface area contributed by atoms with Crippen molar-refractivity contribution in [3.63, 3.8) is 0 Å². The second kappa shape index (κ2) is 7.52. The van der Waals surface area contributed by atoms with E-state index in [1.807, 2.05) is 0 Å². The Morgan fingerprint density at radius 3 is 2.44 bits per heavy atom. The maximum Gasteiger partial charge on any atom is 0.0581 e. The van der Waals surface area contributed by atoms with Crippen molar-refractivity contribution in [1.29, 1.82) is 0 Å². The lowest BCUT2D eigenvalue weighted by Gasteiger charge is -2.25. The molecule has 0 bridgehead atoms. The summed E-state index contributed by atoms with van der Waals surface area (Å²) in [7, 11) is 0. The summed E-state index contributed by atoms with van der Waals surface area (Å²) < 4.78 is 0. The molecular formula is C16H28N2. The van der Waals surface area contributed by atoms with E-state index in [-0.39, 0.29) is 0 Å². The molecule has 0 saturated carbocycles. The van der Waals surface area contributed by atoms with Gasteiger partial charge >= 0.3 is 0 Å². The zero-order chi connectivity index (χ0) is 13.5. The second-order valence-corrected chi connectivity index (χ2v) is 5.41. The fraction of sp³-hybridized carbons (Fsp3) is 0.688. The molecule has 0 aliphatic rings. The molecule has 0 fully saturated rings. The number of rotatable bonds is 7. The lowest BCUT2D eigenvalue weighted by atomic mass is 9.93. The van der Waals surface area contributed by atoms with Crippen molar-refractivity contribution in [1.82, 2.24) is 10.3 Å². The maximum absolute atomic E-state index is 4.73. The van der Waals surface area contributed by atoms with E-state index in [4.69, 9.17) is 4.98 Å². The van der Waals surface area contributed by atoms with E-state index < -0.39 is 0 Å². The molecule has 0 aromatic carbocycles. The smallest absolute Gasteiger partial charge is 0.0581 e. The highest BCUT2D eigenvalue weighted by molar-refractivity contribution is 5.22. The van der Waals surface area contributed by atoms with E-state index >= 15 is 0 Å². The number of nitrogens with zero attached hydrogens (tertiary/aromatic N) is 1. The first kappa shape index (κ1) is 15.2. The molecule has 1 heterocycles. The highest BCUT2D eigenvalue weighted by atomic mass is 14.9. The highest BCUT2D eigenvalue weighted by Gasteiger charge is 2.19. The first-order valence-electron chi connectivity index (χ1n) is 7.27. The summed E-state index contributed by atoms with van der Waals surface area (Å²) in [6.45, 7) is 12.1. The van der Waals surface area contributed by atoms with Gasteiger partial charge in [0.2, 0.25) is 0 Å². The van der Waals surface area contributed by atoms with Crippen LogP contribution in [0, 0.1) is 19.8 Å². The third-order valence-electron chi connectivity index (χ3n) is 3.36. The number of pyridine rings is 1. The monoisotopic (exact) mass is 248 g/mol. The zero-order valence-corrected chi connectivity index (χ0v) is 12.6. The van der Waals surface area contributed by atoms with Crippen molar-refractivity contribution >= 4 is 0 Å². The van der Waals surface area contributed by atoms with Crippen LogP contribution in [0.15, 0.2) is 12.1 Å². The Morgan fingerprint density at radius 1 is 1.17 bits per heavy atom. The van der Waals surface area contributed by atoms with E-state index in [0.29, 0.717) is 12.0 Å². The topological polar surface area (TPSA) is 24.9 Å². The van der Waals surface area contributed by atoms with Crippen molar-refractivity contribution in [3.8, 4) is 0 Å². The summed E-state index contributed by atoms with van der Waals surface area (Å²) in [4.78, 5) is 4.73. The molecule has 1 rings (SSSR count). The molecule has 2 heteroatoms. The minimum absolute atomic E-state index is 0.392. The van der Waals surface area contributed by atoms with E-state index in [1.165, 1.54) is 30.5 Å². The van der Waals surface area contributed by atoms with Crippen LogP contribution in [0.3, 0.4) is 0 Å². The Bertz CT molecular complexity index is 340. The molecule has 0 spiro atoms. The largest absolute Gasteiger partial charge is 0.308 e. The molecule has 0 radical (unpaired) electrons. The Kier molecular flexibility index (Phi) is 6.34. The van der Waals surface area contributed by atoms with Crippen LogP contribution in [0.1, 0.15) is 63.0 Å². The van der Waals surface area contributed by atoms with Crippen LogP contribution in [0.25, 0.3) is 0 Å². The van der Waals surface area contributed by atoms with Crippen molar-refractivity contribution in [2.45, 2.75) is 59.9 Å². The number of aryl methyl sites for hydroxylation is 2. The van der Waals surface area contributed by atoms with Gasteiger partial charge in [0.25, 0.3) is 0 Å². The van der Waals surface area contributed by atoms with E-state index in [9.17, 15) is 0 Å². The third kappa shape index (κ3) is 4.41. The van der Waals surface area contributed by atoms with Crippen LogP contribution in [0.4, 0.5) is 0 Å². The summed E-state index contributed by atoms with van der Waals surface area (Å²) in [5.74, 6) is 0.634. The van der Waals surface area contributed by atoms with Gasteiger partial charge < -0.3 is 5.32 Å². The van der Waals surface area contributed by atoms with Crippen LogP contribution in [0.2, 0.25) is 0 Å². The van der Waals surface area contributed by atoms with Gasteiger partial charge in [0, 0.05) is 5.69 Å². The molecular weight excluding hydrogens is 220 g/mol. The van der Waals surface area contributed by atoms with Crippen molar-refractivity contribution in [2.75, 3.05) is 6.54 Å². The number of aromatic nitrogens is 1. The molecule has 1 N–H and O–H groups in total. The van der Waals surface area contributed by atoms with E-state index in [1.54, 1.807) is 0 Å². The molecule has 2 unspecified atom stereocenters. The van der Waals surface area contributed by atoms with Gasteiger partial charge in [-0.2, -0.15) is 0 Å². The van der Waals surface area contributed by atoms with Gasteiger partial charge in [-0.1, -0.05) is 27.2 Å². The average Bonchev–Trinajstić information content (AvgIpc) is 2.28. The first-order valence-corrected chi connectivity index (χ1v) is 7.27. The third-order valence-corrected chi connectivity index (χ3v) is 3.36. The second-order valence-electron chi connectivity index (χ2n) is 5.41. The van der Waals surface area contributed by atoms with Crippen molar-refractivity contribution in [3.05, 3.63) is 29.1 Å². The molecule has 0 amide bonds. The average molecular weight is 248 g/mol. The number of hydrogen-bond acceptors (Lipinski definition) is 2. The van der Waals surface area contributed by atoms with Gasteiger partial charge in [-0.3, -0.25) is 4.98 Å². The molecule has 2 atom stereocenters. The fourth-order valence-electron chi connectivity index (χ4n) is 2.55. The Balaban J connectivity index is 2.92. The summed E-state index contributed by atoms with van der Waals surface area (Å²) in [6.07, 6.45) is 3.65. The Labute approximate surface area is 112 Å². The van der Waals surface area contributed by atoms with Gasteiger partial charge in [0.1, 0.15) is 0 Å². The van der Waals surface area contributed by atoms with Crippen LogP contribution >= 0.6 is 0 Å². The predicted molar refractivity (Wildman–Crippen MR) is 78.8 cm³/mol. The van der Waals surface area contributed by atoms with Gasteiger partial charge in [-0.25, -0.2) is 0 Å². The minimum Gasteiger partial charge on any atom is -0.308 e. The van der Waals surface area contributed by atoms with Crippen LogP contribution in [0.5, 0.6) is 0 Å². The number of nitrogens with one attached hydrogen (secondary N) is 1. The van der Waals surface area contributed by atoms with E-state index in [0.717, 1.165) is 12.2 Å². The van der Waals surface area contributed by atoms with Crippen molar-refractivity contribution < 1.29 is 0 Å². The summed E-state index contributed by atoms with van der Waals surface area (Å²) in [5.41, 5.74) is 3.64. The van der Waals surface area contributed by atoms with Crippen LogP contribution in [-0.4, -0.2) is 11.5 Å². The fourth-order valence-corrected chi connectivity index (χ4v) is 2.55. The molecule has 102 valence electrons. The lowest BCUT2D eigenvalue weighted by Crippen LogP contribution is -2.28. The van der Waals surface area contributed by atoms with Crippen LogP contribution < -0.4 is 5.32 Å². The maximum atomic E-state index is 4.73. The molecule has 1 aromatic rings. The van der Waals surface area contributed by atoms with Gasteiger partial charge in [0.15, 0.2) is 0 Å². The van der Waals surface area contributed by atoms with Crippen LogP contribution in [-0.2, 0) is 0 Å². The molecule has 0 aliphatic carbocycles. The summed E-state index contributed by atoms with van der Waals surface area (Å²) in [5, 5.41) is 3.66. The Morgan fingerprint density at radius 2 is 1.89 bits per heavy atom. The normalized spacial score (nSPS) is 14.5. The van der Waals surface area contributed by atoms with Gasteiger partial charge in [0.05, 0.1) is 11.7 Å². The molecule has 18 heavy (non-hydrogen) atoms. The lowest BCUT2D eigenvalue weighted by molar-refractivity contribution is 0.356. The molecule has 0 saturated heterocycles. The summed E-state index contributed by atoms with van der Waals surface area (Å²) in [6, 6.07) is 4.76. The first-order chi connectivity index (χ1) is 8.58. The highest BCUT2D eigenvalue weighted by Crippen LogP contribution is 2.25. The number of hydrogen-bond donors (Lipinski definition) is 1. The molecule has 1 aromatic heterocycles. The minimum atomic E-state index is 0.392.